The number of benzene rings is 1. The van der Waals surface area contributed by atoms with E-state index < -0.39 is 17.7 Å². The van der Waals surface area contributed by atoms with Crippen LogP contribution in [-0.2, 0) is 14.3 Å². The molecule has 2 atom stereocenters. The molecule has 2 N–H and O–H groups in total. The molecule has 7 heteroatoms. The Morgan fingerprint density at radius 3 is 2.28 bits per heavy atom. The molecule has 0 saturated carbocycles. The fourth-order valence-electron chi connectivity index (χ4n) is 3.61. The number of alkyl carbamates (subject to hydrolysis) is 1. The van der Waals surface area contributed by atoms with E-state index in [-0.39, 0.29) is 24.4 Å². The van der Waals surface area contributed by atoms with Crippen LogP contribution < -0.4 is 10.6 Å². The average Bonchev–Trinajstić information content (AvgIpc) is 2.66. The minimum atomic E-state index is -0.775. The van der Waals surface area contributed by atoms with Gasteiger partial charge < -0.3 is 20.3 Å². The fraction of sp³-hybridized carbons (Fsp3) is 0.640. The summed E-state index contributed by atoms with van der Waals surface area (Å²) in [5, 5.41) is 5.59. The van der Waals surface area contributed by atoms with Crippen LogP contribution in [0.1, 0.15) is 83.5 Å². The average molecular weight is 448 g/mol. The molecule has 7 nitrogen and oxygen atoms in total. The number of rotatable bonds is 10. The first-order valence-electron chi connectivity index (χ1n) is 11.5. The van der Waals surface area contributed by atoms with Crippen molar-refractivity contribution in [2.75, 3.05) is 13.1 Å². The topological polar surface area (TPSA) is 87.7 Å². The van der Waals surface area contributed by atoms with E-state index in [1.807, 2.05) is 45.9 Å². The molecular formula is C25H41N3O4. The second-order valence-corrected chi connectivity index (χ2v) is 9.40. The van der Waals surface area contributed by atoms with Gasteiger partial charge in [0.15, 0.2) is 0 Å². The second-order valence-electron chi connectivity index (χ2n) is 9.40. The zero-order valence-electron chi connectivity index (χ0n) is 21.0. The quantitative estimate of drug-likeness (QED) is 0.556. The Bertz CT molecular complexity index is 786. The Balaban J connectivity index is 3.21. The highest BCUT2D eigenvalue weighted by molar-refractivity contribution is 5.90. The van der Waals surface area contributed by atoms with E-state index in [0.717, 1.165) is 29.5 Å². The van der Waals surface area contributed by atoms with Crippen molar-refractivity contribution in [3.8, 4) is 0 Å². The molecule has 0 radical (unpaired) electrons. The minimum absolute atomic E-state index is 0.000721. The largest absolute Gasteiger partial charge is 0.444 e. The van der Waals surface area contributed by atoms with Crippen LogP contribution in [0.3, 0.4) is 0 Å². The third kappa shape index (κ3) is 8.89. The van der Waals surface area contributed by atoms with Gasteiger partial charge in [-0.25, -0.2) is 4.79 Å². The Morgan fingerprint density at radius 2 is 1.75 bits per heavy atom. The first-order chi connectivity index (χ1) is 14.9. The number of ether oxygens (including phenoxy) is 1. The molecule has 0 aliphatic carbocycles. The maximum Gasteiger partial charge on any atom is 0.408 e. The van der Waals surface area contributed by atoms with Crippen LogP contribution in [0.15, 0.2) is 18.2 Å². The van der Waals surface area contributed by atoms with E-state index in [0.29, 0.717) is 13.0 Å². The number of aryl methyl sites for hydroxylation is 2. The van der Waals surface area contributed by atoms with Crippen LogP contribution in [0, 0.1) is 13.8 Å². The van der Waals surface area contributed by atoms with Gasteiger partial charge in [-0.2, -0.15) is 0 Å². The molecule has 1 aromatic carbocycles. The van der Waals surface area contributed by atoms with Crippen molar-refractivity contribution in [2.45, 2.75) is 92.3 Å². The third-order valence-corrected chi connectivity index (χ3v) is 4.96. The van der Waals surface area contributed by atoms with Crippen LogP contribution in [0.5, 0.6) is 0 Å². The molecule has 0 heterocycles. The molecule has 1 aromatic rings. The van der Waals surface area contributed by atoms with E-state index in [2.05, 4.69) is 17.6 Å². The monoisotopic (exact) mass is 447 g/mol. The van der Waals surface area contributed by atoms with Crippen LogP contribution in [-0.4, -0.2) is 47.5 Å². The first-order valence-corrected chi connectivity index (χ1v) is 11.5. The lowest BCUT2D eigenvalue weighted by Crippen LogP contribution is -2.49. The van der Waals surface area contributed by atoms with E-state index in [9.17, 15) is 14.4 Å². The van der Waals surface area contributed by atoms with Gasteiger partial charge in [-0.1, -0.05) is 44.0 Å². The minimum Gasteiger partial charge on any atom is -0.444 e. The molecule has 0 spiro atoms. The normalized spacial score (nSPS) is 13.1. The first kappa shape index (κ1) is 27.5. The van der Waals surface area contributed by atoms with Gasteiger partial charge in [0, 0.05) is 12.6 Å². The highest BCUT2D eigenvalue weighted by Gasteiger charge is 2.32. The van der Waals surface area contributed by atoms with E-state index in [1.54, 1.807) is 25.7 Å². The number of nitrogens with one attached hydrogen (secondary N) is 2. The lowest BCUT2D eigenvalue weighted by Gasteiger charge is -2.33. The highest BCUT2D eigenvalue weighted by Crippen LogP contribution is 2.26. The predicted molar refractivity (Wildman–Crippen MR) is 127 cm³/mol. The van der Waals surface area contributed by atoms with Crippen molar-refractivity contribution >= 4 is 17.9 Å². The van der Waals surface area contributed by atoms with Crippen LogP contribution in [0.4, 0.5) is 4.79 Å². The zero-order valence-corrected chi connectivity index (χ0v) is 21.0. The number of hydrogen-bond donors (Lipinski definition) is 2. The molecular weight excluding hydrogens is 406 g/mol. The summed E-state index contributed by atoms with van der Waals surface area (Å²) in [5.41, 5.74) is 2.16. The number of nitrogens with zero attached hydrogens (tertiary/aromatic N) is 1. The molecule has 0 aliphatic heterocycles. The Hall–Kier alpha value is -2.57. The lowest BCUT2D eigenvalue weighted by atomic mass is 9.96. The summed E-state index contributed by atoms with van der Waals surface area (Å²) in [5.74, 6) is -0.544. The van der Waals surface area contributed by atoms with Gasteiger partial charge in [-0.15, -0.1) is 0 Å². The van der Waals surface area contributed by atoms with E-state index >= 15 is 0 Å². The van der Waals surface area contributed by atoms with Crippen molar-refractivity contribution < 1.29 is 19.1 Å². The zero-order chi connectivity index (χ0) is 24.5. The molecule has 3 amide bonds. The predicted octanol–water partition coefficient (Wildman–Crippen LogP) is 4.41. The van der Waals surface area contributed by atoms with E-state index in [1.165, 1.54) is 0 Å². The molecule has 0 bridgehead atoms. The van der Waals surface area contributed by atoms with Crippen molar-refractivity contribution in [1.29, 1.82) is 0 Å². The lowest BCUT2D eigenvalue weighted by molar-refractivity contribution is -0.140. The Kier molecular flexibility index (Phi) is 10.7. The number of carbonyl (C=O) groups is 3. The molecule has 2 unspecified atom stereocenters. The number of amides is 3. The van der Waals surface area contributed by atoms with Crippen LogP contribution in [0.25, 0.3) is 0 Å². The summed E-state index contributed by atoms with van der Waals surface area (Å²) in [4.78, 5) is 40.2. The highest BCUT2D eigenvalue weighted by atomic mass is 16.6. The van der Waals surface area contributed by atoms with Crippen molar-refractivity contribution in [3.63, 3.8) is 0 Å². The van der Waals surface area contributed by atoms with Gasteiger partial charge in [0.2, 0.25) is 11.8 Å². The summed E-state index contributed by atoms with van der Waals surface area (Å²) < 4.78 is 5.23. The summed E-state index contributed by atoms with van der Waals surface area (Å²) >= 11 is 0. The molecule has 180 valence electrons. The molecule has 0 fully saturated rings. The van der Waals surface area contributed by atoms with Gasteiger partial charge in [0.05, 0.1) is 0 Å². The van der Waals surface area contributed by atoms with Crippen molar-refractivity contribution in [3.05, 3.63) is 34.9 Å². The standard InChI is InChI=1S/C25H41N3O4/c1-9-11-19(5)27-23(30)22(20-13-12-17(3)15-18(20)4)28(14-10-2)21(29)16-26-24(31)32-25(6,7)8/h12-13,15,19,22H,9-11,14,16H2,1-8H3,(H,26,31)(H,27,30). The van der Waals surface area contributed by atoms with E-state index in [4.69, 9.17) is 4.74 Å². The molecule has 0 saturated heterocycles. The molecule has 0 aromatic heterocycles. The van der Waals surface area contributed by atoms with Crippen molar-refractivity contribution in [1.82, 2.24) is 15.5 Å². The number of carbonyl (C=O) groups excluding carboxylic acids is 3. The summed E-state index contributed by atoms with van der Waals surface area (Å²) in [6.07, 6.45) is 1.82. The van der Waals surface area contributed by atoms with Gasteiger partial charge >= 0.3 is 6.09 Å². The van der Waals surface area contributed by atoms with Gasteiger partial charge in [-0.05, 0) is 65.5 Å². The maximum atomic E-state index is 13.4. The number of hydrogen-bond acceptors (Lipinski definition) is 4. The maximum absolute atomic E-state index is 13.4. The second kappa shape index (κ2) is 12.5. The molecule has 1 rings (SSSR count). The Labute approximate surface area is 193 Å². The van der Waals surface area contributed by atoms with Gasteiger partial charge in [-0.3, -0.25) is 9.59 Å². The fourth-order valence-corrected chi connectivity index (χ4v) is 3.61. The van der Waals surface area contributed by atoms with Gasteiger partial charge in [0.25, 0.3) is 0 Å². The Morgan fingerprint density at radius 1 is 1.09 bits per heavy atom. The smallest absolute Gasteiger partial charge is 0.408 e. The third-order valence-electron chi connectivity index (χ3n) is 4.96. The van der Waals surface area contributed by atoms with Crippen molar-refractivity contribution in [2.24, 2.45) is 0 Å². The summed E-state index contributed by atoms with van der Waals surface area (Å²) in [7, 11) is 0. The summed E-state index contributed by atoms with van der Waals surface area (Å²) in [6, 6.07) is 5.10. The SMILES string of the molecule is CCCC(C)NC(=O)C(c1ccc(C)cc1C)N(CCC)C(=O)CNC(=O)OC(C)(C)C. The van der Waals surface area contributed by atoms with Crippen LogP contribution in [0.2, 0.25) is 0 Å². The summed E-state index contributed by atoms with van der Waals surface area (Å²) in [6.45, 7) is 15.4. The molecule has 0 aliphatic rings. The molecule has 32 heavy (non-hydrogen) atoms. The van der Waals surface area contributed by atoms with Gasteiger partial charge in [0.1, 0.15) is 18.2 Å². The van der Waals surface area contributed by atoms with Crippen LogP contribution >= 0.6 is 0 Å².